The van der Waals surface area contributed by atoms with E-state index in [0.29, 0.717) is 11.4 Å². The zero-order valence-electron chi connectivity index (χ0n) is 15.1. The zero-order valence-corrected chi connectivity index (χ0v) is 15.1. The molecule has 0 amide bonds. The van der Waals surface area contributed by atoms with E-state index in [1.54, 1.807) is 19.3 Å². The largest absolute Gasteiger partial charge is 0.476 e. The number of ether oxygens (including phenoxy) is 1. The standard InChI is InChI=1S/C17H27N5O2/c1-12(2)24-15-7-6-14(17(23)22(15)5)16-13(10-19-20-16)11-21(4)9-8-18-3/h6-7,10,12,18H,8-9,11H2,1-5H3,(H,19,20). The van der Waals surface area contributed by atoms with Crippen LogP contribution in [0.3, 0.4) is 0 Å². The predicted octanol–water partition coefficient (Wildman–Crippen LogP) is 1.21. The SMILES string of the molecule is CNCCN(C)Cc1cn[nH]c1-c1ccc(OC(C)C)n(C)c1=O. The lowest BCUT2D eigenvalue weighted by molar-refractivity contribution is 0.222. The molecule has 0 bridgehead atoms. The van der Waals surface area contributed by atoms with Crippen LogP contribution in [0.2, 0.25) is 0 Å². The van der Waals surface area contributed by atoms with Crippen molar-refractivity contribution in [3.05, 3.63) is 34.2 Å². The summed E-state index contributed by atoms with van der Waals surface area (Å²) in [4.78, 5) is 14.9. The van der Waals surface area contributed by atoms with Crippen LogP contribution in [-0.4, -0.2) is 53.0 Å². The molecule has 2 rings (SSSR count). The number of H-pyrrole nitrogens is 1. The highest BCUT2D eigenvalue weighted by Crippen LogP contribution is 2.21. The molecule has 132 valence electrons. The van der Waals surface area contributed by atoms with E-state index in [-0.39, 0.29) is 11.7 Å². The topological polar surface area (TPSA) is 75.2 Å². The van der Waals surface area contributed by atoms with Gasteiger partial charge in [-0.05, 0) is 40.1 Å². The van der Waals surface area contributed by atoms with Gasteiger partial charge >= 0.3 is 0 Å². The number of likely N-dealkylation sites (N-methyl/N-ethyl adjacent to an activating group) is 2. The molecule has 2 N–H and O–H groups in total. The molecular weight excluding hydrogens is 306 g/mol. The van der Waals surface area contributed by atoms with Crippen molar-refractivity contribution in [1.82, 2.24) is 25.0 Å². The molecule has 7 heteroatoms. The predicted molar refractivity (Wildman–Crippen MR) is 95.3 cm³/mol. The molecule has 0 saturated carbocycles. The molecule has 0 saturated heterocycles. The Kier molecular flexibility index (Phi) is 6.16. The average molecular weight is 333 g/mol. The van der Waals surface area contributed by atoms with Gasteiger partial charge in [0.05, 0.1) is 23.6 Å². The Hall–Kier alpha value is -2.12. The summed E-state index contributed by atoms with van der Waals surface area (Å²) in [5, 5.41) is 10.2. The third-order valence-corrected chi connectivity index (χ3v) is 3.79. The number of hydrogen-bond acceptors (Lipinski definition) is 5. The lowest BCUT2D eigenvalue weighted by atomic mass is 10.1. The molecule has 24 heavy (non-hydrogen) atoms. The van der Waals surface area contributed by atoms with E-state index in [1.165, 1.54) is 4.57 Å². The Morgan fingerprint density at radius 3 is 2.83 bits per heavy atom. The molecule has 0 aliphatic carbocycles. The number of nitrogens with one attached hydrogen (secondary N) is 2. The number of pyridine rings is 1. The van der Waals surface area contributed by atoms with Crippen LogP contribution in [0.5, 0.6) is 5.88 Å². The first kappa shape index (κ1) is 18.2. The molecule has 2 aromatic heterocycles. The smallest absolute Gasteiger partial charge is 0.262 e. The first-order chi connectivity index (χ1) is 11.4. The number of nitrogens with zero attached hydrogens (tertiary/aromatic N) is 3. The number of rotatable bonds is 8. The first-order valence-corrected chi connectivity index (χ1v) is 8.16. The highest BCUT2D eigenvalue weighted by atomic mass is 16.5. The lowest BCUT2D eigenvalue weighted by Gasteiger charge is -2.17. The third-order valence-electron chi connectivity index (χ3n) is 3.79. The molecule has 0 atom stereocenters. The second-order valence-electron chi connectivity index (χ2n) is 6.23. The van der Waals surface area contributed by atoms with Crippen LogP contribution >= 0.6 is 0 Å². The molecule has 2 heterocycles. The van der Waals surface area contributed by atoms with E-state index in [4.69, 9.17) is 4.74 Å². The monoisotopic (exact) mass is 333 g/mol. The fraction of sp³-hybridized carbons (Fsp3) is 0.529. The average Bonchev–Trinajstić information content (AvgIpc) is 2.97. The van der Waals surface area contributed by atoms with Crippen molar-refractivity contribution < 1.29 is 4.74 Å². The molecule has 0 fully saturated rings. The van der Waals surface area contributed by atoms with Gasteiger partial charge in [0, 0.05) is 32.2 Å². The number of aromatic nitrogens is 3. The maximum atomic E-state index is 12.7. The fourth-order valence-electron chi connectivity index (χ4n) is 2.51. The van der Waals surface area contributed by atoms with Crippen molar-refractivity contribution in [1.29, 1.82) is 0 Å². The van der Waals surface area contributed by atoms with Crippen molar-refractivity contribution >= 4 is 0 Å². The van der Waals surface area contributed by atoms with Gasteiger partial charge in [0.2, 0.25) is 0 Å². The molecular formula is C17H27N5O2. The van der Waals surface area contributed by atoms with Crippen LogP contribution in [0.4, 0.5) is 0 Å². The summed E-state index contributed by atoms with van der Waals surface area (Å²) in [6.07, 6.45) is 1.80. The Labute approximate surface area is 142 Å². The van der Waals surface area contributed by atoms with Gasteiger partial charge in [-0.1, -0.05) is 0 Å². The van der Waals surface area contributed by atoms with Gasteiger partial charge in [-0.2, -0.15) is 5.10 Å². The minimum absolute atomic E-state index is 0.0185. The Morgan fingerprint density at radius 1 is 1.42 bits per heavy atom. The minimum atomic E-state index is -0.100. The van der Waals surface area contributed by atoms with E-state index in [0.717, 1.165) is 30.9 Å². The van der Waals surface area contributed by atoms with Gasteiger partial charge in [-0.25, -0.2) is 0 Å². The van der Waals surface area contributed by atoms with Crippen LogP contribution in [0.25, 0.3) is 11.3 Å². The van der Waals surface area contributed by atoms with Gasteiger partial charge in [0.15, 0.2) is 5.88 Å². The summed E-state index contributed by atoms with van der Waals surface area (Å²) in [5.41, 5.74) is 2.27. The summed E-state index contributed by atoms with van der Waals surface area (Å²) < 4.78 is 7.19. The highest BCUT2D eigenvalue weighted by molar-refractivity contribution is 5.62. The molecule has 0 spiro atoms. The van der Waals surface area contributed by atoms with Crippen molar-refractivity contribution in [3.8, 4) is 17.1 Å². The van der Waals surface area contributed by atoms with E-state index < -0.39 is 0 Å². The first-order valence-electron chi connectivity index (χ1n) is 8.16. The van der Waals surface area contributed by atoms with Gasteiger partial charge in [0.1, 0.15) is 0 Å². The quantitative estimate of drug-likeness (QED) is 0.760. The van der Waals surface area contributed by atoms with Crippen LogP contribution in [0.15, 0.2) is 23.1 Å². The Morgan fingerprint density at radius 2 is 2.17 bits per heavy atom. The molecule has 0 aromatic carbocycles. The summed E-state index contributed by atoms with van der Waals surface area (Å²) in [7, 11) is 5.70. The number of hydrogen-bond donors (Lipinski definition) is 2. The second kappa shape index (κ2) is 8.12. The Bertz CT molecular complexity index is 720. The molecule has 0 unspecified atom stereocenters. The Balaban J connectivity index is 2.28. The van der Waals surface area contributed by atoms with Gasteiger partial charge in [0.25, 0.3) is 5.56 Å². The van der Waals surface area contributed by atoms with Crippen LogP contribution < -0.4 is 15.6 Å². The highest BCUT2D eigenvalue weighted by Gasteiger charge is 2.15. The maximum absolute atomic E-state index is 12.7. The van der Waals surface area contributed by atoms with Crippen molar-refractivity contribution in [2.45, 2.75) is 26.5 Å². The van der Waals surface area contributed by atoms with Crippen molar-refractivity contribution in [3.63, 3.8) is 0 Å². The molecule has 0 aliphatic rings. The van der Waals surface area contributed by atoms with Crippen LogP contribution in [-0.2, 0) is 13.6 Å². The van der Waals surface area contributed by atoms with Gasteiger partial charge in [-0.15, -0.1) is 0 Å². The van der Waals surface area contributed by atoms with Crippen LogP contribution in [0, 0.1) is 0 Å². The summed E-state index contributed by atoms with van der Waals surface area (Å²) in [5.74, 6) is 0.561. The molecule has 2 aromatic rings. The summed E-state index contributed by atoms with van der Waals surface area (Å²) in [6, 6.07) is 3.62. The zero-order chi connectivity index (χ0) is 17.7. The van der Waals surface area contributed by atoms with Crippen molar-refractivity contribution in [2.24, 2.45) is 7.05 Å². The van der Waals surface area contributed by atoms with Gasteiger partial charge in [-0.3, -0.25) is 14.5 Å². The van der Waals surface area contributed by atoms with E-state index in [2.05, 4.69) is 20.4 Å². The number of aromatic amines is 1. The lowest BCUT2D eigenvalue weighted by Crippen LogP contribution is -2.27. The maximum Gasteiger partial charge on any atom is 0.262 e. The summed E-state index contributed by atoms with van der Waals surface area (Å²) >= 11 is 0. The van der Waals surface area contributed by atoms with E-state index in [9.17, 15) is 4.79 Å². The molecule has 0 radical (unpaired) electrons. The van der Waals surface area contributed by atoms with Gasteiger partial charge < -0.3 is 15.0 Å². The molecule has 7 nitrogen and oxygen atoms in total. The van der Waals surface area contributed by atoms with Crippen LogP contribution in [0.1, 0.15) is 19.4 Å². The third kappa shape index (κ3) is 4.24. The van der Waals surface area contributed by atoms with E-state index >= 15 is 0 Å². The summed E-state index contributed by atoms with van der Waals surface area (Å²) in [6.45, 7) is 6.42. The van der Waals surface area contributed by atoms with Crippen molar-refractivity contribution in [2.75, 3.05) is 27.2 Å². The second-order valence-corrected chi connectivity index (χ2v) is 6.23. The molecule has 0 aliphatic heterocycles. The normalized spacial score (nSPS) is 11.5. The minimum Gasteiger partial charge on any atom is -0.476 e. The van der Waals surface area contributed by atoms with E-state index in [1.807, 2.05) is 34.0 Å². The fourth-order valence-corrected chi connectivity index (χ4v) is 2.51.